The van der Waals surface area contributed by atoms with Crippen molar-refractivity contribution in [1.82, 2.24) is 0 Å². The maximum absolute atomic E-state index is 12.7. The van der Waals surface area contributed by atoms with E-state index in [1.54, 1.807) is 24.3 Å². The molecular weight excluding hydrogens is 213 g/mol. The van der Waals surface area contributed by atoms with Gasteiger partial charge in [-0.05, 0) is 36.4 Å². The summed E-state index contributed by atoms with van der Waals surface area (Å²) in [5.74, 6) is 0.807. The minimum absolute atomic E-state index is 0.211. The molecule has 0 saturated heterocycles. The van der Waals surface area contributed by atoms with Gasteiger partial charge in [-0.15, -0.1) is 0 Å². The van der Waals surface area contributed by atoms with Gasteiger partial charge in [-0.25, -0.2) is 4.39 Å². The minimum atomic E-state index is -0.278. The molecule has 2 aromatic rings. The molecule has 0 bridgehead atoms. The Morgan fingerprint density at radius 2 is 1.80 bits per heavy atom. The molecule has 0 aliphatic rings. The standard InChI is InChI=1S/C11H8FNOS/c12-8-3-1-7(2-4-8)9-5-6-10(14-9)11(13)15/h1-6H,(H2,13,15). The maximum atomic E-state index is 12.7. The molecule has 0 radical (unpaired) electrons. The van der Waals surface area contributed by atoms with E-state index in [4.69, 9.17) is 22.4 Å². The minimum Gasteiger partial charge on any atom is -0.454 e. The highest BCUT2D eigenvalue weighted by Gasteiger charge is 2.06. The summed E-state index contributed by atoms with van der Waals surface area (Å²) < 4.78 is 18.0. The molecular formula is C11H8FNOS. The van der Waals surface area contributed by atoms with Crippen molar-refractivity contribution in [1.29, 1.82) is 0 Å². The summed E-state index contributed by atoms with van der Waals surface area (Å²) in [6.45, 7) is 0. The quantitative estimate of drug-likeness (QED) is 0.792. The van der Waals surface area contributed by atoms with Gasteiger partial charge in [-0.1, -0.05) is 12.2 Å². The summed E-state index contributed by atoms with van der Waals surface area (Å²) in [5.41, 5.74) is 6.20. The van der Waals surface area contributed by atoms with Crippen molar-refractivity contribution in [3.05, 3.63) is 48.0 Å². The summed E-state index contributed by atoms with van der Waals surface area (Å²) in [6.07, 6.45) is 0. The molecule has 0 atom stereocenters. The van der Waals surface area contributed by atoms with E-state index in [2.05, 4.69) is 0 Å². The summed E-state index contributed by atoms with van der Waals surface area (Å²) >= 11 is 4.77. The van der Waals surface area contributed by atoms with Gasteiger partial charge >= 0.3 is 0 Å². The van der Waals surface area contributed by atoms with Crippen LogP contribution in [0.15, 0.2) is 40.8 Å². The Kier molecular flexibility index (Phi) is 2.51. The fraction of sp³-hybridized carbons (Fsp3) is 0. The van der Waals surface area contributed by atoms with Crippen LogP contribution in [0.3, 0.4) is 0 Å². The Labute approximate surface area is 91.5 Å². The predicted octanol–water partition coefficient (Wildman–Crippen LogP) is 2.72. The number of rotatable bonds is 2. The molecule has 4 heteroatoms. The van der Waals surface area contributed by atoms with Crippen LogP contribution < -0.4 is 5.73 Å². The van der Waals surface area contributed by atoms with Gasteiger partial charge in [0.05, 0.1) is 0 Å². The number of hydrogen-bond acceptors (Lipinski definition) is 2. The molecule has 15 heavy (non-hydrogen) atoms. The molecule has 0 aliphatic heterocycles. The van der Waals surface area contributed by atoms with Crippen LogP contribution in [0.25, 0.3) is 11.3 Å². The molecule has 0 fully saturated rings. The van der Waals surface area contributed by atoms with E-state index in [-0.39, 0.29) is 10.8 Å². The van der Waals surface area contributed by atoms with Crippen molar-refractivity contribution in [2.75, 3.05) is 0 Å². The van der Waals surface area contributed by atoms with Crippen LogP contribution in [-0.2, 0) is 0 Å². The molecule has 2 N–H and O–H groups in total. The highest BCUT2D eigenvalue weighted by molar-refractivity contribution is 7.80. The van der Waals surface area contributed by atoms with Gasteiger partial charge < -0.3 is 10.2 Å². The van der Waals surface area contributed by atoms with E-state index in [0.717, 1.165) is 5.56 Å². The Morgan fingerprint density at radius 3 is 2.33 bits per heavy atom. The largest absolute Gasteiger partial charge is 0.454 e. The number of hydrogen-bond donors (Lipinski definition) is 1. The Balaban J connectivity index is 2.37. The van der Waals surface area contributed by atoms with Gasteiger partial charge in [0.25, 0.3) is 0 Å². The van der Waals surface area contributed by atoms with Crippen LogP contribution in [-0.4, -0.2) is 4.99 Å². The second kappa shape index (κ2) is 3.82. The normalized spacial score (nSPS) is 10.2. The first kappa shape index (κ1) is 9.86. The summed E-state index contributed by atoms with van der Waals surface area (Å²) in [6, 6.07) is 9.47. The number of furan rings is 1. The molecule has 1 aromatic carbocycles. The Hall–Kier alpha value is -1.68. The Bertz CT molecular complexity index is 490. The Morgan fingerprint density at radius 1 is 1.13 bits per heavy atom. The van der Waals surface area contributed by atoms with Crippen molar-refractivity contribution < 1.29 is 8.81 Å². The summed E-state index contributed by atoms with van der Waals surface area (Å²) in [7, 11) is 0. The lowest BCUT2D eigenvalue weighted by molar-refractivity contribution is 0.573. The monoisotopic (exact) mass is 221 g/mol. The van der Waals surface area contributed by atoms with E-state index >= 15 is 0 Å². The number of halogens is 1. The average molecular weight is 221 g/mol. The molecule has 2 nitrogen and oxygen atoms in total. The molecule has 0 unspecified atom stereocenters. The van der Waals surface area contributed by atoms with Gasteiger partial charge in [0.2, 0.25) is 0 Å². The lowest BCUT2D eigenvalue weighted by atomic mass is 10.2. The fourth-order valence-corrected chi connectivity index (χ4v) is 1.35. The molecule has 1 aromatic heterocycles. The van der Waals surface area contributed by atoms with E-state index in [0.29, 0.717) is 11.5 Å². The smallest absolute Gasteiger partial charge is 0.161 e. The first-order valence-electron chi connectivity index (χ1n) is 4.32. The van der Waals surface area contributed by atoms with Gasteiger partial charge in [-0.3, -0.25) is 0 Å². The van der Waals surface area contributed by atoms with Crippen LogP contribution in [0.1, 0.15) is 5.76 Å². The van der Waals surface area contributed by atoms with Crippen LogP contribution in [0.5, 0.6) is 0 Å². The molecule has 1 heterocycles. The first-order valence-corrected chi connectivity index (χ1v) is 4.73. The van der Waals surface area contributed by atoms with E-state index in [9.17, 15) is 4.39 Å². The lowest BCUT2D eigenvalue weighted by Gasteiger charge is -1.96. The van der Waals surface area contributed by atoms with E-state index in [1.165, 1.54) is 12.1 Å². The zero-order chi connectivity index (χ0) is 10.8. The highest BCUT2D eigenvalue weighted by Crippen LogP contribution is 2.22. The number of benzene rings is 1. The third-order valence-electron chi connectivity index (χ3n) is 1.98. The summed E-state index contributed by atoms with van der Waals surface area (Å²) in [5, 5.41) is 0. The summed E-state index contributed by atoms with van der Waals surface area (Å²) in [4.78, 5) is 0.211. The molecule has 0 spiro atoms. The zero-order valence-electron chi connectivity index (χ0n) is 7.74. The maximum Gasteiger partial charge on any atom is 0.161 e. The molecule has 0 amide bonds. The third kappa shape index (κ3) is 2.05. The third-order valence-corrected chi connectivity index (χ3v) is 2.18. The zero-order valence-corrected chi connectivity index (χ0v) is 8.55. The van der Waals surface area contributed by atoms with Crippen LogP contribution in [0.4, 0.5) is 4.39 Å². The van der Waals surface area contributed by atoms with Gasteiger partial charge in [0.1, 0.15) is 16.6 Å². The van der Waals surface area contributed by atoms with E-state index in [1.807, 2.05) is 0 Å². The first-order chi connectivity index (χ1) is 7.16. The van der Waals surface area contributed by atoms with E-state index < -0.39 is 0 Å². The second-order valence-electron chi connectivity index (χ2n) is 3.04. The van der Waals surface area contributed by atoms with Crippen molar-refractivity contribution in [3.8, 4) is 11.3 Å². The topological polar surface area (TPSA) is 39.2 Å². The van der Waals surface area contributed by atoms with Crippen LogP contribution >= 0.6 is 12.2 Å². The predicted molar refractivity (Wildman–Crippen MR) is 60.0 cm³/mol. The van der Waals surface area contributed by atoms with Crippen molar-refractivity contribution >= 4 is 17.2 Å². The molecule has 0 aliphatic carbocycles. The van der Waals surface area contributed by atoms with Gasteiger partial charge in [0, 0.05) is 5.56 Å². The van der Waals surface area contributed by atoms with Crippen LogP contribution in [0.2, 0.25) is 0 Å². The number of thiocarbonyl (C=S) groups is 1. The molecule has 2 rings (SSSR count). The molecule has 0 saturated carbocycles. The second-order valence-corrected chi connectivity index (χ2v) is 3.47. The average Bonchev–Trinajstić information content (AvgIpc) is 2.68. The highest BCUT2D eigenvalue weighted by atomic mass is 32.1. The van der Waals surface area contributed by atoms with Gasteiger partial charge in [-0.2, -0.15) is 0 Å². The lowest BCUT2D eigenvalue weighted by Crippen LogP contribution is -2.07. The van der Waals surface area contributed by atoms with Crippen molar-refractivity contribution in [2.45, 2.75) is 0 Å². The fourth-order valence-electron chi connectivity index (χ4n) is 1.24. The van der Waals surface area contributed by atoms with Crippen LogP contribution in [0, 0.1) is 5.82 Å². The number of nitrogens with two attached hydrogens (primary N) is 1. The van der Waals surface area contributed by atoms with Crippen molar-refractivity contribution in [2.24, 2.45) is 5.73 Å². The van der Waals surface area contributed by atoms with Crippen molar-refractivity contribution in [3.63, 3.8) is 0 Å². The van der Waals surface area contributed by atoms with Gasteiger partial charge in [0.15, 0.2) is 5.76 Å². The molecule has 76 valence electrons. The SMILES string of the molecule is NC(=S)c1ccc(-c2ccc(F)cc2)o1.